The van der Waals surface area contributed by atoms with Gasteiger partial charge in [-0.05, 0) is 36.9 Å². The molecule has 4 heteroatoms. The Hall–Kier alpha value is -1.26. The first kappa shape index (κ1) is 14.2. The molecule has 1 heterocycles. The summed E-state index contributed by atoms with van der Waals surface area (Å²) in [5, 5.41) is 0. The highest BCUT2D eigenvalue weighted by Crippen LogP contribution is 2.16. The molecule has 0 radical (unpaired) electrons. The zero-order chi connectivity index (χ0) is 13.5. The minimum atomic E-state index is 0.929. The average molecular weight is 275 g/mol. The summed E-state index contributed by atoms with van der Waals surface area (Å²) in [6.07, 6.45) is 6.92. The van der Waals surface area contributed by atoms with Gasteiger partial charge in [0.25, 0.3) is 0 Å². The fourth-order valence-corrected chi connectivity index (χ4v) is 2.54. The Labute approximate surface area is 119 Å². The monoisotopic (exact) mass is 275 g/mol. The van der Waals surface area contributed by atoms with Crippen molar-refractivity contribution in [3.8, 4) is 0 Å². The molecule has 0 fully saturated rings. The molecule has 0 unspecified atom stereocenters. The molecule has 3 nitrogen and oxygen atoms in total. The second-order valence-corrected chi connectivity index (χ2v) is 5.52. The lowest BCUT2D eigenvalue weighted by Crippen LogP contribution is -2.23. The van der Waals surface area contributed by atoms with Crippen LogP contribution < -0.4 is 0 Å². The summed E-state index contributed by atoms with van der Waals surface area (Å²) >= 11 is 1.78. The maximum atomic E-state index is 4.08. The molecule has 0 atom stereocenters. The molecule has 0 saturated carbocycles. The topological polar surface area (TPSA) is 31.9 Å². The zero-order valence-electron chi connectivity index (χ0n) is 11.6. The third kappa shape index (κ3) is 4.40. The second-order valence-electron chi connectivity index (χ2n) is 4.64. The largest absolute Gasteiger partial charge is 0.347 e. The van der Waals surface area contributed by atoms with Crippen LogP contribution in [-0.2, 0) is 13.1 Å². The molecule has 2 rings (SSSR count). The third-order valence-corrected chi connectivity index (χ3v) is 3.80. The molecular formula is C15H21N3S. The van der Waals surface area contributed by atoms with Crippen molar-refractivity contribution in [1.82, 2.24) is 14.9 Å². The fraction of sp³-hybridized carbons (Fsp3) is 0.400. The first-order valence-electron chi connectivity index (χ1n) is 6.64. The van der Waals surface area contributed by atoms with E-state index in [0.717, 1.165) is 26.1 Å². The summed E-state index contributed by atoms with van der Waals surface area (Å²) in [6, 6.07) is 8.84. The van der Waals surface area contributed by atoms with Gasteiger partial charge < -0.3 is 4.98 Å². The number of benzene rings is 1. The van der Waals surface area contributed by atoms with Crippen LogP contribution in [0.25, 0.3) is 0 Å². The van der Waals surface area contributed by atoms with Gasteiger partial charge in [-0.1, -0.05) is 19.1 Å². The van der Waals surface area contributed by atoms with E-state index in [1.54, 1.807) is 18.1 Å². The molecule has 0 aliphatic rings. The van der Waals surface area contributed by atoms with Gasteiger partial charge >= 0.3 is 0 Å². The SMILES string of the molecule is CCCN(Cc1ccc(SC)cc1)Cc1cnc[nH]1. The molecule has 19 heavy (non-hydrogen) atoms. The molecule has 2 aromatic rings. The Morgan fingerprint density at radius 3 is 2.58 bits per heavy atom. The highest BCUT2D eigenvalue weighted by Gasteiger charge is 2.07. The lowest BCUT2D eigenvalue weighted by molar-refractivity contribution is 0.254. The minimum Gasteiger partial charge on any atom is -0.347 e. The van der Waals surface area contributed by atoms with E-state index in [4.69, 9.17) is 0 Å². The number of hydrogen-bond acceptors (Lipinski definition) is 3. The lowest BCUT2D eigenvalue weighted by Gasteiger charge is -2.21. The Kier molecular flexibility index (Phi) is 5.48. The molecule has 0 aliphatic carbocycles. The lowest BCUT2D eigenvalue weighted by atomic mass is 10.2. The van der Waals surface area contributed by atoms with E-state index >= 15 is 0 Å². The van der Waals surface area contributed by atoms with E-state index in [1.807, 2.05) is 6.20 Å². The van der Waals surface area contributed by atoms with E-state index < -0.39 is 0 Å². The minimum absolute atomic E-state index is 0.929. The number of H-pyrrole nitrogens is 1. The molecule has 102 valence electrons. The molecule has 0 saturated heterocycles. The van der Waals surface area contributed by atoms with Crippen LogP contribution in [0.4, 0.5) is 0 Å². The van der Waals surface area contributed by atoms with Gasteiger partial charge in [-0.15, -0.1) is 11.8 Å². The van der Waals surface area contributed by atoms with Gasteiger partial charge in [0.2, 0.25) is 0 Å². The number of nitrogens with zero attached hydrogens (tertiary/aromatic N) is 2. The van der Waals surface area contributed by atoms with Crippen molar-refractivity contribution < 1.29 is 0 Å². The van der Waals surface area contributed by atoms with Gasteiger partial charge in [-0.2, -0.15) is 0 Å². The maximum absolute atomic E-state index is 4.08. The second kappa shape index (κ2) is 7.36. The van der Waals surface area contributed by atoms with Crippen molar-refractivity contribution in [2.45, 2.75) is 31.3 Å². The molecule has 1 aromatic heterocycles. The number of aromatic amines is 1. The fourth-order valence-electron chi connectivity index (χ4n) is 2.13. The van der Waals surface area contributed by atoms with E-state index in [1.165, 1.54) is 16.2 Å². The highest BCUT2D eigenvalue weighted by atomic mass is 32.2. The molecular weight excluding hydrogens is 254 g/mol. The molecule has 1 aromatic carbocycles. The van der Waals surface area contributed by atoms with E-state index in [9.17, 15) is 0 Å². The zero-order valence-corrected chi connectivity index (χ0v) is 12.4. The standard InChI is InChI=1S/C15H21N3S/c1-3-8-18(11-14-9-16-12-17-14)10-13-4-6-15(19-2)7-5-13/h4-7,9,12H,3,8,10-11H2,1-2H3,(H,16,17). The summed E-state index contributed by atoms with van der Waals surface area (Å²) in [7, 11) is 0. The quantitative estimate of drug-likeness (QED) is 0.784. The maximum Gasteiger partial charge on any atom is 0.0922 e. The number of hydrogen-bond donors (Lipinski definition) is 1. The van der Waals surface area contributed by atoms with Crippen molar-refractivity contribution in [2.24, 2.45) is 0 Å². The molecule has 0 amide bonds. The van der Waals surface area contributed by atoms with Crippen molar-refractivity contribution in [1.29, 1.82) is 0 Å². The third-order valence-electron chi connectivity index (χ3n) is 3.05. The molecule has 0 aliphatic heterocycles. The van der Waals surface area contributed by atoms with Gasteiger partial charge in [0.1, 0.15) is 0 Å². The van der Waals surface area contributed by atoms with Crippen molar-refractivity contribution >= 4 is 11.8 Å². The van der Waals surface area contributed by atoms with Crippen molar-refractivity contribution in [2.75, 3.05) is 12.8 Å². The van der Waals surface area contributed by atoms with Crippen LogP contribution in [0.5, 0.6) is 0 Å². The van der Waals surface area contributed by atoms with E-state index in [-0.39, 0.29) is 0 Å². The smallest absolute Gasteiger partial charge is 0.0922 e. The molecule has 0 bridgehead atoms. The predicted octanol–water partition coefficient (Wildman–Crippen LogP) is 3.54. The number of aromatic nitrogens is 2. The summed E-state index contributed by atoms with van der Waals surface area (Å²) in [4.78, 5) is 11.0. The van der Waals surface area contributed by atoms with E-state index in [2.05, 4.69) is 52.3 Å². The summed E-state index contributed by atoms with van der Waals surface area (Å²) in [5.41, 5.74) is 2.54. The summed E-state index contributed by atoms with van der Waals surface area (Å²) < 4.78 is 0. The van der Waals surface area contributed by atoms with Gasteiger partial charge in [-0.25, -0.2) is 4.98 Å². The van der Waals surface area contributed by atoms with Crippen LogP contribution in [-0.4, -0.2) is 27.7 Å². The summed E-state index contributed by atoms with van der Waals surface area (Å²) in [6.45, 7) is 5.24. The first-order valence-corrected chi connectivity index (χ1v) is 7.87. The normalized spacial score (nSPS) is 11.1. The molecule has 0 spiro atoms. The van der Waals surface area contributed by atoms with Gasteiger partial charge in [0, 0.05) is 29.9 Å². The average Bonchev–Trinajstić information content (AvgIpc) is 2.93. The van der Waals surface area contributed by atoms with Crippen LogP contribution in [0, 0.1) is 0 Å². The Morgan fingerprint density at radius 2 is 2.00 bits per heavy atom. The highest BCUT2D eigenvalue weighted by molar-refractivity contribution is 7.98. The Morgan fingerprint density at radius 1 is 1.21 bits per heavy atom. The first-order chi connectivity index (χ1) is 9.31. The van der Waals surface area contributed by atoms with Gasteiger partial charge in [0.15, 0.2) is 0 Å². The number of thioether (sulfide) groups is 1. The summed E-state index contributed by atoms with van der Waals surface area (Å²) in [5.74, 6) is 0. The van der Waals surface area contributed by atoms with Crippen LogP contribution in [0.2, 0.25) is 0 Å². The number of nitrogens with one attached hydrogen (secondary N) is 1. The van der Waals surface area contributed by atoms with Crippen LogP contribution in [0.1, 0.15) is 24.6 Å². The van der Waals surface area contributed by atoms with Crippen molar-refractivity contribution in [3.05, 3.63) is 48.0 Å². The van der Waals surface area contributed by atoms with Gasteiger partial charge in [-0.3, -0.25) is 4.90 Å². The number of rotatable bonds is 7. The van der Waals surface area contributed by atoms with E-state index in [0.29, 0.717) is 0 Å². The number of imidazole rings is 1. The van der Waals surface area contributed by atoms with Crippen LogP contribution in [0.15, 0.2) is 41.7 Å². The van der Waals surface area contributed by atoms with Crippen molar-refractivity contribution in [3.63, 3.8) is 0 Å². The Balaban J connectivity index is 1.98. The Bertz CT molecular complexity index is 465. The van der Waals surface area contributed by atoms with Crippen LogP contribution in [0.3, 0.4) is 0 Å². The molecule has 1 N–H and O–H groups in total. The van der Waals surface area contributed by atoms with Gasteiger partial charge in [0.05, 0.1) is 6.33 Å². The predicted molar refractivity (Wildman–Crippen MR) is 81.2 cm³/mol. The van der Waals surface area contributed by atoms with Crippen LogP contribution >= 0.6 is 11.8 Å².